The molecule has 0 atom stereocenters. The molecule has 3 nitrogen and oxygen atoms in total. The van der Waals surface area contributed by atoms with Gasteiger partial charge in [-0.1, -0.05) is 47.6 Å². The molecule has 0 saturated carbocycles. The average molecular weight is 338 g/mol. The fourth-order valence-corrected chi connectivity index (χ4v) is 2.92. The van der Waals surface area contributed by atoms with Gasteiger partial charge in [0, 0.05) is 17.5 Å². The van der Waals surface area contributed by atoms with E-state index in [1.165, 1.54) is 0 Å². The molecule has 4 heteroatoms. The monoisotopic (exact) mass is 338 g/mol. The first kappa shape index (κ1) is 17.8. The van der Waals surface area contributed by atoms with Crippen LogP contribution in [0.25, 0.3) is 0 Å². The minimum atomic E-state index is -3.70. The second kappa shape index (κ2) is 8.36. The third-order valence-electron chi connectivity index (χ3n) is 3.30. The van der Waals surface area contributed by atoms with E-state index in [1.54, 1.807) is 24.3 Å². The minimum Gasteiger partial charge on any atom is -0.266 e. The molecule has 2 rings (SSSR count). The van der Waals surface area contributed by atoms with Gasteiger partial charge in [0.25, 0.3) is 10.1 Å². The van der Waals surface area contributed by atoms with Crippen molar-refractivity contribution in [2.75, 3.05) is 6.61 Å². The van der Waals surface area contributed by atoms with Gasteiger partial charge < -0.3 is 0 Å². The Morgan fingerprint density at radius 2 is 1.71 bits per heavy atom. The van der Waals surface area contributed by atoms with Crippen molar-refractivity contribution in [3.63, 3.8) is 0 Å². The molecule has 0 aliphatic carbocycles. The molecule has 0 spiro atoms. The molecule has 2 aromatic rings. The van der Waals surface area contributed by atoms with Crippen LogP contribution in [0.4, 0.5) is 0 Å². The molecule has 0 aliphatic heterocycles. The lowest BCUT2D eigenvalue weighted by Gasteiger charge is -2.04. The summed E-state index contributed by atoms with van der Waals surface area (Å²) in [7, 11) is -3.70. The number of rotatable bonds is 5. The molecule has 0 amide bonds. The summed E-state index contributed by atoms with van der Waals surface area (Å²) in [6, 6.07) is 14.0. The Labute approximate surface area is 143 Å². The van der Waals surface area contributed by atoms with Crippen LogP contribution < -0.4 is 0 Å². The molecule has 0 heterocycles. The van der Waals surface area contributed by atoms with Crippen LogP contribution >= 0.6 is 0 Å². The lowest BCUT2D eigenvalue weighted by atomic mass is 10.1. The highest BCUT2D eigenvalue weighted by Crippen LogP contribution is 2.13. The Bertz CT molecular complexity index is 892. The molecule has 2 aromatic carbocycles. The normalized spacial score (nSPS) is 10.5. The van der Waals surface area contributed by atoms with E-state index in [9.17, 15) is 8.42 Å². The number of hydrogen-bond donors (Lipinski definition) is 0. The third-order valence-corrected chi connectivity index (χ3v) is 4.63. The van der Waals surface area contributed by atoms with E-state index >= 15 is 0 Å². The molecule has 0 N–H and O–H groups in total. The van der Waals surface area contributed by atoms with Gasteiger partial charge in [-0.25, -0.2) is 0 Å². The standard InChI is InChI=1S/C20H18O3S/c1-3-18-9-6-7-11-19(18)10-5-4-8-16-23-24(21,22)20-14-12-17(2)13-15-20/h1,6-7,9,11-15H,4,8,16H2,2H3. The van der Waals surface area contributed by atoms with Crippen molar-refractivity contribution in [1.29, 1.82) is 0 Å². The summed E-state index contributed by atoms with van der Waals surface area (Å²) in [4.78, 5) is 0.169. The maximum Gasteiger partial charge on any atom is 0.296 e. The summed E-state index contributed by atoms with van der Waals surface area (Å²) < 4.78 is 29.0. The van der Waals surface area contributed by atoms with Gasteiger partial charge in [-0.05, 0) is 37.6 Å². The largest absolute Gasteiger partial charge is 0.296 e. The van der Waals surface area contributed by atoms with Gasteiger partial charge in [-0.2, -0.15) is 8.42 Å². The van der Waals surface area contributed by atoms with Crippen molar-refractivity contribution >= 4 is 10.1 Å². The predicted molar refractivity (Wildman–Crippen MR) is 94.8 cm³/mol. The molecular weight excluding hydrogens is 320 g/mol. The van der Waals surface area contributed by atoms with Gasteiger partial charge >= 0.3 is 0 Å². The van der Waals surface area contributed by atoms with Gasteiger partial charge in [0.05, 0.1) is 11.5 Å². The molecular formula is C20H18O3S. The lowest BCUT2D eigenvalue weighted by Crippen LogP contribution is -2.07. The highest BCUT2D eigenvalue weighted by atomic mass is 32.2. The zero-order chi connectivity index (χ0) is 17.4. The van der Waals surface area contributed by atoms with Crippen LogP contribution in [-0.4, -0.2) is 15.0 Å². The van der Waals surface area contributed by atoms with E-state index in [2.05, 4.69) is 17.8 Å². The van der Waals surface area contributed by atoms with Gasteiger partial charge in [0.15, 0.2) is 0 Å². The zero-order valence-corrected chi connectivity index (χ0v) is 14.3. The van der Waals surface area contributed by atoms with Crippen LogP contribution in [0.3, 0.4) is 0 Å². The van der Waals surface area contributed by atoms with Gasteiger partial charge in [0.2, 0.25) is 0 Å². The van der Waals surface area contributed by atoms with Crippen molar-refractivity contribution in [3.05, 3.63) is 65.2 Å². The first-order chi connectivity index (χ1) is 11.5. The highest BCUT2D eigenvalue weighted by Gasteiger charge is 2.13. The molecule has 122 valence electrons. The summed E-state index contributed by atoms with van der Waals surface area (Å²) in [5, 5.41) is 0. The topological polar surface area (TPSA) is 43.4 Å². The zero-order valence-electron chi connectivity index (χ0n) is 13.5. The Morgan fingerprint density at radius 3 is 2.38 bits per heavy atom. The van der Waals surface area contributed by atoms with Crippen LogP contribution in [0.5, 0.6) is 0 Å². The lowest BCUT2D eigenvalue weighted by molar-refractivity contribution is 0.314. The second-order valence-electron chi connectivity index (χ2n) is 5.18. The Morgan fingerprint density at radius 1 is 1.04 bits per heavy atom. The Balaban J connectivity index is 1.85. The summed E-state index contributed by atoms with van der Waals surface area (Å²) in [5.74, 6) is 8.57. The van der Waals surface area contributed by atoms with E-state index in [0.717, 1.165) is 16.7 Å². The number of hydrogen-bond acceptors (Lipinski definition) is 3. The molecule has 24 heavy (non-hydrogen) atoms. The van der Waals surface area contributed by atoms with Crippen LogP contribution in [0, 0.1) is 31.1 Å². The Hall–Kier alpha value is -2.53. The van der Waals surface area contributed by atoms with Crippen molar-refractivity contribution < 1.29 is 12.6 Å². The van der Waals surface area contributed by atoms with E-state index in [4.69, 9.17) is 10.6 Å². The fraction of sp³-hybridized carbons (Fsp3) is 0.200. The SMILES string of the molecule is C#Cc1ccccc1C#CCCCOS(=O)(=O)c1ccc(C)cc1. The van der Waals surface area contributed by atoms with Crippen molar-refractivity contribution in [2.45, 2.75) is 24.7 Å². The quantitative estimate of drug-likeness (QED) is 0.476. The van der Waals surface area contributed by atoms with Gasteiger partial charge in [-0.3, -0.25) is 4.18 Å². The predicted octanol–water partition coefficient (Wildman–Crippen LogP) is 3.51. The fourth-order valence-electron chi connectivity index (χ4n) is 1.98. The minimum absolute atomic E-state index is 0.0989. The average Bonchev–Trinajstić information content (AvgIpc) is 2.58. The molecule has 0 aromatic heterocycles. The number of unbranched alkanes of at least 4 members (excludes halogenated alkanes) is 1. The van der Waals surface area contributed by atoms with Crippen molar-refractivity contribution in [2.24, 2.45) is 0 Å². The first-order valence-electron chi connectivity index (χ1n) is 7.53. The first-order valence-corrected chi connectivity index (χ1v) is 8.94. The third kappa shape index (κ3) is 4.99. The molecule has 0 fully saturated rings. The second-order valence-corrected chi connectivity index (χ2v) is 6.80. The molecule has 0 radical (unpaired) electrons. The number of benzene rings is 2. The Kier molecular flexibility index (Phi) is 6.21. The summed E-state index contributed by atoms with van der Waals surface area (Å²) >= 11 is 0. The van der Waals surface area contributed by atoms with Gasteiger partial charge in [0.1, 0.15) is 0 Å². The van der Waals surface area contributed by atoms with E-state index in [1.807, 2.05) is 31.2 Å². The van der Waals surface area contributed by atoms with Crippen LogP contribution in [0.1, 0.15) is 29.5 Å². The van der Waals surface area contributed by atoms with E-state index in [-0.39, 0.29) is 11.5 Å². The van der Waals surface area contributed by atoms with E-state index < -0.39 is 10.1 Å². The summed E-state index contributed by atoms with van der Waals surface area (Å²) in [6.45, 7) is 2.00. The molecule has 0 unspecified atom stereocenters. The number of terminal acetylenes is 1. The number of aryl methyl sites for hydroxylation is 1. The van der Waals surface area contributed by atoms with Crippen LogP contribution in [0.15, 0.2) is 53.4 Å². The molecule has 0 saturated heterocycles. The summed E-state index contributed by atoms with van der Waals surface area (Å²) in [6.07, 6.45) is 6.46. The maximum atomic E-state index is 12.0. The summed E-state index contributed by atoms with van der Waals surface area (Å²) in [5.41, 5.74) is 2.55. The highest BCUT2D eigenvalue weighted by molar-refractivity contribution is 7.86. The molecule has 0 bridgehead atoms. The molecule has 0 aliphatic rings. The smallest absolute Gasteiger partial charge is 0.266 e. The van der Waals surface area contributed by atoms with Gasteiger partial charge in [-0.15, -0.1) is 6.42 Å². The van der Waals surface area contributed by atoms with Crippen LogP contribution in [0.2, 0.25) is 0 Å². The van der Waals surface area contributed by atoms with Crippen molar-refractivity contribution in [1.82, 2.24) is 0 Å². The van der Waals surface area contributed by atoms with E-state index in [0.29, 0.717) is 12.8 Å². The maximum absolute atomic E-state index is 12.0. The van der Waals surface area contributed by atoms with Crippen molar-refractivity contribution in [3.8, 4) is 24.2 Å². The van der Waals surface area contributed by atoms with Crippen LogP contribution in [-0.2, 0) is 14.3 Å².